The number of likely N-dealkylation sites (N-methyl/N-ethyl adjacent to an activating group) is 1. The molecule has 7 nitrogen and oxygen atoms in total. The van der Waals surface area contributed by atoms with E-state index in [1.807, 2.05) is 31.2 Å². The van der Waals surface area contributed by atoms with Crippen molar-refractivity contribution in [3.05, 3.63) is 41.3 Å². The Morgan fingerprint density at radius 3 is 2.44 bits per heavy atom. The summed E-state index contributed by atoms with van der Waals surface area (Å²) in [5.74, 6) is -0.381. The highest BCUT2D eigenvalue weighted by atomic mass is 32.2. The van der Waals surface area contributed by atoms with Crippen LogP contribution in [0.2, 0.25) is 0 Å². The van der Waals surface area contributed by atoms with Gasteiger partial charge in [-0.25, -0.2) is 8.42 Å². The Bertz CT molecular complexity index is 888. The van der Waals surface area contributed by atoms with Gasteiger partial charge in [0.1, 0.15) is 4.21 Å². The van der Waals surface area contributed by atoms with Crippen LogP contribution in [0.4, 0.5) is 11.4 Å². The SMILES string of the molecule is Cc1ccc(S(=O)(=O)N(C)CC(=O)Nc2ccc(N3CCOCC3)cc2)s1. The van der Waals surface area contributed by atoms with Crippen molar-refractivity contribution in [2.24, 2.45) is 0 Å². The molecule has 3 rings (SSSR count). The zero-order chi connectivity index (χ0) is 19.4. The zero-order valence-corrected chi connectivity index (χ0v) is 17.0. The normalized spacial score (nSPS) is 15.1. The number of thiophene rings is 1. The second-order valence-electron chi connectivity index (χ2n) is 6.32. The van der Waals surface area contributed by atoms with E-state index in [2.05, 4.69) is 10.2 Å². The summed E-state index contributed by atoms with van der Waals surface area (Å²) in [5, 5.41) is 2.75. The van der Waals surface area contributed by atoms with Crippen molar-refractivity contribution in [1.29, 1.82) is 0 Å². The third-order valence-electron chi connectivity index (χ3n) is 4.27. The molecule has 1 amide bonds. The molecule has 0 aliphatic carbocycles. The van der Waals surface area contributed by atoms with E-state index in [9.17, 15) is 13.2 Å². The van der Waals surface area contributed by atoms with Crippen molar-refractivity contribution in [3.8, 4) is 0 Å². The number of nitrogens with zero attached hydrogens (tertiary/aromatic N) is 2. The number of amides is 1. The summed E-state index contributed by atoms with van der Waals surface area (Å²) in [6.07, 6.45) is 0. The fraction of sp³-hybridized carbons (Fsp3) is 0.389. The molecule has 9 heteroatoms. The van der Waals surface area contributed by atoms with Gasteiger partial charge in [0.05, 0.1) is 19.8 Å². The molecule has 27 heavy (non-hydrogen) atoms. The predicted molar refractivity (Wildman–Crippen MR) is 107 cm³/mol. The Balaban J connectivity index is 1.58. The van der Waals surface area contributed by atoms with Gasteiger partial charge in [0.25, 0.3) is 10.0 Å². The number of sulfonamides is 1. The molecule has 0 radical (unpaired) electrons. The molecule has 1 aromatic carbocycles. The molecule has 0 unspecified atom stereocenters. The summed E-state index contributed by atoms with van der Waals surface area (Å²) in [4.78, 5) is 15.4. The lowest BCUT2D eigenvalue weighted by molar-refractivity contribution is -0.116. The molecule has 2 heterocycles. The number of anilines is 2. The number of benzene rings is 1. The van der Waals surface area contributed by atoms with E-state index in [1.54, 1.807) is 12.1 Å². The highest BCUT2D eigenvalue weighted by molar-refractivity contribution is 7.91. The lowest BCUT2D eigenvalue weighted by atomic mass is 10.2. The van der Waals surface area contributed by atoms with Crippen molar-refractivity contribution in [2.75, 3.05) is 50.1 Å². The summed E-state index contributed by atoms with van der Waals surface area (Å²) in [5.41, 5.74) is 1.71. The van der Waals surface area contributed by atoms with Crippen LogP contribution < -0.4 is 10.2 Å². The topological polar surface area (TPSA) is 79.0 Å². The first-order valence-corrected chi connectivity index (χ1v) is 10.9. The minimum absolute atomic E-state index is 0.241. The maximum Gasteiger partial charge on any atom is 0.252 e. The number of ether oxygens (including phenoxy) is 1. The van der Waals surface area contributed by atoms with Gasteiger partial charge < -0.3 is 15.0 Å². The summed E-state index contributed by atoms with van der Waals surface area (Å²) in [6.45, 7) is 4.71. The lowest BCUT2D eigenvalue weighted by Crippen LogP contribution is -2.36. The van der Waals surface area contributed by atoms with Gasteiger partial charge in [0.15, 0.2) is 0 Å². The smallest absolute Gasteiger partial charge is 0.252 e. The molecule has 0 bridgehead atoms. The van der Waals surface area contributed by atoms with E-state index < -0.39 is 10.0 Å². The minimum Gasteiger partial charge on any atom is -0.378 e. The molecule has 0 saturated carbocycles. The third-order valence-corrected chi connectivity index (χ3v) is 7.55. The van der Waals surface area contributed by atoms with Gasteiger partial charge >= 0.3 is 0 Å². The zero-order valence-electron chi connectivity index (χ0n) is 15.3. The summed E-state index contributed by atoms with van der Waals surface area (Å²) >= 11 is 1.19. The fourth-order valence-electron chi connectivity index (χ4n) is 2.77. The number of aryl methyl sites for hydroxylation is 1. The van der Waals surface area contributed by atoms with Crippen LogP contribution in [-0.2, 0) is 19.6 Å². The molecule has 1 aliphatic rings. The molecule has 2 aromatic rings. The first-order chi connectivity index (χ1) is 12.9. The van der Waals surface area contributed by atoms with Crippen molar-refractivity contribution < 1.29 is 17.9 Å². The third kappa shape index (κ3) is 4.86. The molecule has 146 valence electrons. The Morgan fingerprint density at radius 2 is 1.85 bits per heavy atom. The Morgan fingerprint density at radius 1 is 1.19 bits per heavy atom. The molecule has 0 spiro atoms. The standard InChI is InChI=1S/C18H23N3O4S2/c1-14-3-8-18(26-14)27(23,24)20(2)13-17(22)19-15-4-6-16(7-5-15)21-9-11-25-12-10-21/h3-8H,9-13H2,1-2H3,(H,19,22). The van der Waals surface area contributed by atoms with Gasteiger partial charge in [-0.15, -0.1) is 11.3 Å². The number of nitrogens with one attached hydrogen (secondary N) is 1. The van der Waals surface area contributed by atoms with Gasteiger partial charge in [0.2, 0.25) is 5.91 Å². The van der Waals surface area contributed by atoms with Crippen LogP contribution in [-0.4, -0.2) is 58.5 Å². The molecule has 1 aliphatic heterocycles. The molecular weight excluding hydrogens is 386 g/mol. The summed E-state index contributed by atoms with van der Waals surface area (Å²) in [6, 6.07) is 10.8. The molecule has 1 N–H and O–H groups in total. The van der Waals surface area contributed by atoms with Crippen molar-refractivity contribution in [2.45, 2.75) is 11.1 Å². The number of hydrogen-bond acceptors (Lipinski definition) is 6. The fourth-order valence-corrected chi connectivity index (χ4v) is 5.39. The van der Waals surface area contributed by atoms with Crippen LogP contribution in [0.1, 0.15) is 4.88 Å². The predicted octanol–water partition coefficient (Wildman–Crippen LogP) is 2.15. The maximum atomic E-state index is 12.5. The lowest BCUT2D eigenvalue weighted by Gasteiger charge is -2.28. The highest BCUT2D eigenvalue weighted by Crippen LogP contribution is 2.23. The van der Waals surface area contributed by atoms with E-state index in [0.29, 0.717) is 18.9 Å². The highest BCUT2D eigenvalue weighted by Gasteiger charge is 2.24. The second-order valence-corrected chi connectivity index (χ2v) is 9.88. The quantitative estimate of drug-likeness (QED) is 0.791. The van der Waals surface area contributed by atoms with Gasteiger partial charge in [-0.2, -0.15) is 4.31 Å². The van der Waals surface area contributed by atoms with Crippen LogP contribution in [0.25, 0.3) is 0 Å². The minimum atomic E-state index is -3.65. The second kappa shape index (κ2) is 8.39. The van der Waals surface area contributed by atoms with Crippen LogP contribution >= 0.6 is 11.3 Å². The average molecular weight is 410 g/mol. The first-order valence-electron chi connectivity index (χ1n) is 8.61. The van der Waals surface area contributed by atoms with E-state index in [4.69, 9.17) is 4.74 Å². The number of carbonyl (C=O) groups is 1. The number of hydrogen-bond donors (Lipinski definition) is 1. The van der Waals surface area contributed by atoms with Crippen molar-refractivity contribution >= 4 is 38.6 Å². The van der Waals surface area contributed by atoms with Crippen LogP contribution in [0.15, 0.2) is 40.6 Å². The first kappa shape index (κ1) is 19.8. The molecule has 1 aromatic heterocycles. The van der Waals surface area contributed by atoms with Gasteiger partial charge in [-0.3, -0.25) is 4.79 Å². The van der Waals surface area contributed by atoms with E-state index in [-0.39, 0.29) is 16.7 Å². The largest absolute Gasteiger partial charge is 0.378 e. The number of carbonyl (C=O) groups excluding carboxylic acids is 1. The van der Waals surface area contributed by atoms with E-state index in [1.165, 1.54) is 18.4 Å². The Kier molecular flexibility index (Phi) is 6.15. The monoisotopic (exact) mass is 409 g/mol. The van der Waals surface area contributed by atoms with E-state index >= 15 is 0 Å². The molecular formula is C18H23N3O4S2. The van der Waals surface area contributed by atoms with Gasteiger partial charge in [-0.1, -0.05) is 0 Å². The molecule has 1 saturated heterocycles. The molecule has 1 fully saturated rings. The number of rotatable bonds is 6. The van der Waals surface area contributed by atoms with Crippen LogP contribution in [0.5, 0.6) is 0 Å². The van der Waals surface area contributed by atoms with Crippen LogP contribution in [0, 0.1) is 6.92 Å². The van der Waals surface area contributed by atoms with E-state index in [0.717, 1.165) is 28.0 Å². The number of morpholine rings is 1. The Hall–Kier alpha value is -1.94. The summed E-state index contributed by atoms with van der Waals surface area (Å²) < 4.78 is 31.6. The van der Waals surface area contributed by atoms with Gasteiger partial charge in [-0.05, 0) is 43.3 Å². The molecule has 0 atom stereocenters. The average Bonchev–Trinajstić information content (AvgIpc) is 3.10. The van der Waals surface area contributed by atoms with Gasteiger partial charge in [0, 0.05) is 36.4 Å². The summed E-state index contributed by atoms with van der Waals surface area (Å²) in [7, 11) is -2.25. The van der Waals surface area contributed by atoms with Crippen LogP contribution in [0.3, 0.4) is 0 Å². The Labute approximate surface area is 163 Å². The van der Waals surface area contributed by atoms with Crippen molar-refractivity contribution in [1.82, 2.24) is 4.31 Å². The van der Waals surface area contributed by atoms with Crippen molar-refractivity contribution in [3.63, 3.8) is 0 Å². The maximum absolute atomic E-state index is 12.5.